The predicted molar refractivity (Wildman–Crippen MR) is 196 cm³/mol. The van der Waals surface area contributed by atoms with Crippen LogP contribution < -0.4 is 26.5 Å². The number of rotatable bonds is 10. The summed E-state index contributed by atoms with van der Waals surface area (Å²) in [6, 6.07) is 17.1. The maximum atomic E-state index is 12.6. The van der Waals surface area contributed by atoms with Crippen molar-refractivity contribution in [2.45, 2.75) is 12.8 Å². The fraction of sp³-hybridized carbons (Fsp3) is 0.139. The van der Waals surface area contributed by atoms with Crippen LogP contribution in [-0.4, -0.2) is 58.6 Å². The summed E-state index contributed by atoms with van der Waals surface area (Å²) in [6.45, 7) is 1.14. The first-order chi connectivity index (χ1) is 25.2. The highest BCUT2D eigenvalue weighted by molar-refractivity contribution is 7.80. The van der Waals surface area contributed by atoms with Gasteiger partial charge in [0, 0.05) is 54.6 Å². The molecule has 0 radical (unpaired) electrons. The lowest BCUT2D eigenvalue weighted by Gasteiger charge is -2.18. The van der Waals surface area contributed by atoms with Gasteiger partial charge in [-0.2, -0.15) is 14.6 Å². The molecule has 260 valence electrons. The van der Waals surface area contributed by atoms with Crippen LogP contribution in [0.2, 0.25) is 0 Å². The van der Waals surface area contributed by atoms with Crippen LogP contribution >= 0.6 is 12.2 Å². The number of carboxylic acids is 1. The number of aromatic nitrogens is 6. The first-order valence-electron chi connectivity index (χ1n) is 16.2. The Morgan fingerprint density at radius 1 is 0.962 bits per heavy atom. The summed E-state index contributed by atoms with van der Waals surface area (Å²) in [7, 11) is 1.82. The van der Waals surface area contributed by atoms with E-state index in [4.69, 9.17) is 21.1 Å². The smallest absolute Gasteiger partial charge is 0.336 e. The van der Waals surface area contributed by atoms with Gasteiger partial charge in [-0.15, -0.1) is 10.8 Å². The van der Waals surface area contributed by atoms with E-state index in [9.17, 15) is 19.8 Å². The van der Waals surface area contributed by atoms with Crippen LogP contribution in [0.4, 0.5) is 11.6 Å². The first-order valence-corrected chi connectivity index (χ1v) is 16.6. The van der Waals surface area contributed by atoms with E-state index >= 15 is 0 Å². The molecule has 16 heteroatoms. The molecule has 15 nitrogen and oxygen atoms in total. The van der Waals surface area contributed by atoms with Gasteiger partial charge in [-0.3, -0.25) is 9.48 Å². The Hall–Kier alpha value is -6.81. The number of aryl methyl sites for hydroxylation is 1. The van der Waals surface area contributed by atoms with E-state index in [-0.39, 0.29) is 28.1 Å². The number of thiocarbonyl (C=S) groups is 1. The first kappa shape index (κ1) is 32.4. The number of furan rings is 1. The number of hydrogen-bond acceptors (Lipinski definition) is 11. The second-order valence-corrected chi connectivity index (χ2v) is 12.4. The second-order valence-electron chi connectivity index (χ2n) is 12.0. The topological polar surface area (TPSA) is 201 Å². The second kappa shape index (κ2) is 13.1. The van der Waals surface area contributed by atoms with Gasteiger partial charge in [0.05, 0.1) is 17.2 Å². The Kier molecular flexibility index (Phi) is 8.19. The molecule has 5 heterocycles. The van der Waals surface area contributed by atoms with Crippen LogP contribution in [0.25, 0.3) is 61.7 Å². The number of carboxylic acid groups (broad SMARTS) is 1. The monoisotopic (exact) mass is 714 g/mol. The number of carbonyl (C=O) groups is 1. The Labute approximate surface area is 298 Å². The Morgan fingerprint density at radius 3 is 2.63 bits per heavy atom. The molecule has 4 N–H and O–H groups in total. The number of aromatic carboxylic acids is 1. The number of nitrogens with one attached hydrogen (secondary N) is 3. The Morgan fingerprint density at radius 2 is 1.81 bits per heavy atom. The van der Waals surface area contributed by atoms with Gasteiger partial charge in [0.25, 0.3) is 0 Å². The summed E-state index contributed by atoms with van der Waals surface area (Å²) < 4.78 is 14.7. The molecule has 2 aromatic carbocycles. The highest BCUT2D eigenvalue weighted by Crippen LogP contribution is 2.42. The summed E-state index contributed by atoms with van der Waals surface area (Å²) in [6.07, 6.45) is 4.94. The van der Waals surface area contributed by atoms with Gasteiger partial charge in [-0.25, -0.2) is 9.78 Å². The molecule has 0 spiro atoms. The van der Waals surface area contributed by atoms with Crippen LogP contribution in [0.15, 0.2) is 92.8 Å². The molecule has 0 fully saturated rings. The maximum Gasteiger partial charge on any atom is 0.336 e. The van der Waals surface area contributed by atoms with E-state index < -0.39 is 5.97 Å². The molecular weight excluding hydrogens is 687 g/mol. The van der Waals surface area contributed by atoms with E-state index in [0.29, 0.717) is 74.8 Å². The molecule has 0 unspecified atom stereocenters. The van der Waals surface area contributed by atoms with Crippen LogP contribution in [0, 0.1) is 0 Å². The molecule has 1 aliphatic heterocycles. The van der Waals surface area contributed by atoms with E-state index in [1.807, 2.05) is 13.2 Å². The average Bonchev–Trinajstić information content (AvgIpc) is 3.88. The van der Waals surface area contributed by atoms with Crippen molar-refractivity contribution in [2.75, 3.05) is 23.7 Å². The third kappa shape index (κ3) is 6.11. The van der Waals surface area contributed by atoms with Crippen molar-refractivity contribution in [1.29, 1.82) is 0 Å². The molecule has 0 amide bonds. The van der Waals surface area contributed by atoms with Crippen LogP contribution in [0.3, 0.4) is 0 Å². The van der Waals surface area contributed by atoms with Gasteiger partial charge < -0.3 is 35.0 Å². The fourth-order valence-corrected chi connectivity index (χ4v) is 6.33. The third-order valence-corrected chi connectivity index (χ3v) is 8.67. The molecule has 0 saturated heterocycles. The number of unbranched alkanes of at least 4 members (excludes halogenated alkanes) is 1. The number of anilines is 2. The average molecular weight is 715 g/mol. The van der Waals surface area contributed by atoms with Gasteiger partial charge in [-0.1, -0.05) is 18.2 Å². The molecule has 6 aromatic rings. The molecular formula is C36H28N9O6S-. The third-order valence-electron chi connectivity index (χ3n) is 8.43. The van der Waals surface area contributed by atoms with Crippen molar-refractivity contribution in [3.63, 3.8) is 0 Å². The van der Waals surface area contributed by atoms with Gasteiger partial charge >= 0.3 is 5.97 Å². The summed E-state index contributed by atoms with van der Waals surface area (Å²) in [4.78, 5) is 34.0. The Balaban J connectivity index is 0.929. The van der Waals surface area contributed by atoms with E-state index in [1.165, 1.54) is 30.3 Å². The Bertz CT molecular complexity index is 2680. The number of benzene rings is 3. The van der Waals surface area contributed by atoms with Gasteiger partial charge in [0.1, 0.15) is 11.3 Å². The van der Waals surface area contributed by atoms with Crippen molar-refractivity contribution in [1.82, 2.24) is 34.7 Å². The normalized spacial score (nSPS) is 11.5. The van der Waals surface area contributed by atoms with Crippen molar-refractivity contribution in [3.8, 4) is 39.8 Å². The minimum absolute atomic E-state index is 0.000320. The summed E-state index contributed by atoms with van der Waals surface area (Å²) >= 11 is 5.51. The quantitative estimate of drug-likeness (QED) is 0.0828. The van der Waals surface area contributed by atoms with Gasteiger partial charge in [0.2, 0.25) is 11.8 Å². The predicted octanol–water partition coefficient (Wildman–Crippen LogP) is 5.10. The molecule has 2 aliphatic rings. The molecule has 52 heavy (non-hydrogen) atoms. The molecule has 8 rings (SSSR count). The molecule has 0 bridgehead atoms. The standard InChI is InChI=1S/C36H29N9O6S/c1-44-18-26-31(42-44)41-35(45-33(26)40-32(43-45)27-5-4-14-50-27)37-12-2-3-13-38-36(52)39-19-6-9-22(25(15-19)34(48)49)30-23-10-7-20(46)16-28(23)51-29-17-21(47)8-11-24(29)30/h4-11,14-18,46H,2-3,12-13H2,1H3,(H,48,49)(H,37,41,42)(H2,38,39,52)/p-1. The van der Waals surface area contributed by atoms with Crippen molar-refractivity contribution in [3.05, 3.63) is 95.0 Å². The molecule has 0 saturated carbocycles. The zero-order chi connectivity index (χ0) is 35.9. The lowest BCUT2D eigenvalue weighted by Crippen LogP contribution is -2.29. The van der Waals surface area contributed by atoms with Crippen molar-refractivity contribution in [2.24, 2.45) is 7.05 Å². The number of nitrogens with zero attached hydrogens (tertiary/aromatic N) is 6. The maximum absolute atomic E-state index is 12.6. The van der Waals surface area contributed by atoms with E-state index in [0.717, 1.165) is 18.2 Å². The summed E-state index contributed by atoms with van der Waals surface area (Å²) in [5.41, 5.74) is 3.07. The highest BCUT2D eigenvalue weighted by atomic mass is 32.1. The summed E-state index contributed by atoms with van der Waals surface area (Å²) in [5.74, 6) is 0.305. The van der Waals surface area contributed by atoms with Crippen LogP contribution in [-0.2, 0) is 7.05 Å². The SMILES string of the molecule is Cn1cc2c(nc(NCCCCNC(=S)Nc3ccc(-c4c5ccc(=O)cc-5oc5cc([O-])ccc45)c(C(=O)O)c3)n3nc(-c4ccco4)nc23)n1. The van der Waals surface area contributed by atoms with Crippen LogP contribution in [0.5, 0.6) is 5.75 Å². The minimum atomic E-state index is -1.16. The lowest BCUT2D eigenvalue weighted by atomic mass is 9.90. The minimum Gasteiger partial charge on any atom is -0.872 e. The van der Waals surface area contributed by atoms with Crippen molar-refractivity contribution >= 4 is 62.6 Å². The molecule has 1 aliphatic carbocycles. The van der Waals surface area contributed by atoms with Crippen molar-refractivity contribution < 1.29 is 23.8 Å². The van der Waals surface area contributed by atoms with Gasteiger partial charge in [-0.05, 0) is 73.1 Å². The number of hydrogen-bond donors (Lipinski definition) is 4. The van der Waals surface area contributed by atoms with E-state index in [2.05, 4.69) is 36.1 Å². The molecule has 4 aromatic heterocycles. The largest absolute Gasteiger partial charge is 0.872 e. The zero-order valence-electron chi connectivity index (χ0n) is 27.4. The summed E-state index contributed by atoms with van der Waals surface area (Å²) in [5, 5.41) is 42.6. The van der Waals surface area contributed by atoms with Crippen LogP contribution in [0.1, 0.15) is 23.2 Å². The molecule has 0 atom stereocenters. The number of fused-ring (bicyclic) bond motifs is 5. The zero-order valence-corrected chi connectivity index (χ0v) is 28.2. The van der Waals surface area contributed by atoms with Gasteiger partial charge in [0.15, 0.2) is 27.6 Å². The van der Waals surface area contributed by atoms with E-state index in [1.54, 1.807) is 51.9 Å². The highest BCUT2D eigenvalue weighted by Gasteiger charge is 2.22. The lowest BCUT2D eigenvalue weighted by molar-refractivity contribution is -0.268. The fourth-order valence-electron chi connectivity index (χ4n) is 6.11.